The van der Waals surface area contributed by atoms with Crippen LogP contribution < -0.4 is 4.74 Å². The molecule has 0 atom stereocenters. The molecule has 10 heteroatoms. The Hall–Kier alpha value is -9.90. The second kappa shape index (κ2) is 13.6. The summed E-state index contributed by atoms with van der Waals surface area (Å²) in [6.45, 7) is 7.78. The van der Waals surface area contributed by atoms with Gasteiger partial charge >= 0.3 is 0 Å². The van der Waals surface area contributed by atoms with Crippen LogP contribution in [0.3, 0.4) is 0 Å². The Morgan fingerprint density at radius 1 is 0.464 bits per heavy atom. The molecule has 0 saturated heterocycles. The Bertz CT molecular complexity index is 4420. The van der Waals surface area contributed by atoms with Crippen molar-refractivity contribution < 1.29 is 4.74 Å². The molecule has 0 radical (unpaired) electrons. The Morgan fingerprint density at radius 2 is 0.986 bits per heavy atom. The number of para-hydroxylation sites is 1. The molecule has 1 spiro atoms. The van der Waals surface area contributed by atoms with Gasteiger partial charge in [-0.15, -0.1) is 0 Å². The van der Waals surface area contributed by atoms with Crippen molar-refractivity contribution in [1.29, 1.82) is 5.26 Å². The maximum absolute atomic E-state index is 10.2. The van der Waals surface area contributed by atoms with Gasteiger partial charge in [0.1, 0.15) is 11.5 Å². The molecule has 0 N–H and O–H groups in total. The van der Waals surface area contributed by atoms with Crippen LogP contribution in [0.15, 0.2) is 189 Å². The molecule has 0 unspecified atom stereocenters. The SMILES string of the molecule is [C-]#[N+]c1ccc2c(c1)c1ccncc1n2-c1ccc2c(c1)C1(c3cc(-n4c5ccc(C#N)cc5c5cc(-n6c7ccccc7c7ccncc76)ccc54)ccc3O2)c2cccnc2-c2ncccc21. The highest BCUT2D eigenvalue weighted by molar-refractivity contribution is 6.13. The van der Waals surface area contributed by atoms with Crippen LogP contribution in [0.1, 0.15) is 27.8 Å². The lowest BCUT2D eigenvalue weighted by Gasteiger charge is -2.39. The van der Waals surface area contributed by atoms with E-state index in [1.165, 1.54) is 0 Å². The van der Waals surface area contributed by atoms with E-state index in [0.717, 1.165) is 128 Å². The minimum absolute atomic E-state index is 0.581. The van der Waals surface area contributed by atoms with Gasteiger partial charge in [-0.3, -0.25) is 19.9 Å². The van der Waals surface area contributed by atoms with Crippen molar-refractivity contribution in [3.63, 3.8) is 0 Å². The number of nitriles is 1. The molecule has 10 nitrogen and oxygen atoms in total. The summed E-state index contributed by atoms with van der Waals surface area (Å²) in [5.74, 6) is 1.46. The highest BCUT2D eigenvalue weighted by Crippen LogP contribution is 2.62. The van der Waals surface area contributed by atoms with E-state index in [-0.39, 0.29) is 0 Å². The van der Waals surface area contributed by atoms with Gasteiger partial charge in [0.2, 0.25) is 0 Å². The van der Waals surface area contributed by atoms with E-state index in [4.69, 9.17) is 21.3 Å². The van der Waals surface area contributed by atoms with Crippen molar-refractivity contribution in [2.75, 3.05) is 0 Å². The molecule has 6 aromatic carbocycles. The fraction of sp³-hybridized carbons (Fsp3) is 0.0169. The van der Waals surface area contributed by atoms with Gasteiger partial charge in [0.15, 0.2) is 5.69 Å². The normalized spacial score (nSPS) is 13.1. The summed E-state index contributed by atoms with van der Waals surface area (Å²) in [7, 11) is 0. The topological polar surface area (TPSA) is 104 Å². The molecule has 7 aromatic heterocycles. The third-order valence-electron chi connectivity index (χ3n) is 14.4. The van der Waals surface area contributed by atoms with Crippen LogP contribution in [0.25, 0.3) is 98.7 Å². The van der Waals surface area contributed by atoms with Crippen molar-refractivity contribution in [3.8, 4) is 46.0 Å². The molecule has 13 aromatic rings. The van der Waals surface area contributed by atoms with E-state index in [1.54, 1.807) is 6.20 Å². The quantitative estimate of drug-likeness (QED) is 0.164. The lowest BCUT2D eigenvalue weighted by Crippen LogP contribution is -2.32. The fourth-order valence-electron chi connectivity index (χ4n) is 11.7. The summed E-state index contributed by atoms with van der Waals surface area (Å²) in [5, 5.41) is 16.5. The summed E-state index contributed by atoms with van der Waals surface area (Å²) in [4.78, 5) is 22.9. The first kappa shape index (κ1) is 37.3. The highest BCUT2D eigenvalue weighted by atomic mass is 16.5. The number of nitrogens with zero attached hydrogens (tertiary/aromatic N) is 9. The molecule has 8 heterocycles. The predicted octanol–water partition coefficient (Wildman–Crippen LogP) is 13.4. The van der Waals surface area contributed by atoms with Crippen molar-refractivity contribution in [2.24, 2.45) is 0 Å². The monoisotopic (exact) mass is 881 g/mol. The van der Waals surface area contributed by atoms with Gasteiger partial charge in [-0.2, -0.15) is 5.26 Å². The zero-order valence-electron chi connectivity index (χ0n) is 36.3. The largest absolute Gasteiger partial charge is 0.457 e. The highest BCUT2D eigenvalue weighted by Gasteiger charge is 2.53. The van der Waals surface area contributed by atoms with E-state index in [1.807, 2.05) is 79.5 Å². The third-order valence-corrected chi connectivity index (χ3v) is 14.4. The van der Waals surface area contributed by atoms with E-state index in [2.05, 4.69) is 138 Å². The molecule has 318 valence electrons. The van der Waals surface area contributed by atoms with Gasteiger partial charge < -0.3 is 18.4 Å². The van der Waals surface area contributed by atoms with Gasteiger partial charge in [-0.25, -0.2) is 4.85 Å². The number of aromatic nitrogens is 7. The van der Waals surface area contributed by atoms with E-state index in [0.29, 0.717) is 11.3 Å². The van der Waals surface area contributed by atoms with Crippen molar-refractivity contribution in [2.45, 2.75) is 5.41 Å². The van der Waals surface area contributed by atoms with Crippen molar-refractivity contribution in [1.82, 2.24) is 33.6 Å². The minimum Gasteiger partial charge on any atom is -0.457 e. The maximum Gasteiger partial charge on any atom is 0.188 e. The second-order valence-electron chi connectivity index (χ2n) is 17.7. The van der Waals surface area contributed by atoms with Crippen LogP contribution in [0.2, 0.25) is 0 Å². The molecule has 0 amide bonds. The summed E-state index contributed by atoms with van der Waals surface area (Å²) in [6, 6.07) is 54.6. The molecule has 1 aliphatic carbocycles. The molecule has 2 aliphatic rings. The van der Waals surface area contributed by atoms with Gasteiger partial charge in [0.05, 0.1) is 80.5 Å². The van der Waals surface area contributed by atoms with Crippen molar-refractivity contribution in [3.05, 3.63) is 228 Å². The fourth-order valence-corrected chi connectivity index (χ4v) is 11.7. The van der Waals surface area contributed by atoms with E-state index >= 15 is 0 Å². The van der Waals surface area contributed by atoms with E-state index in [9.17, 15) is 5.26 Å². The molecule has 0 fully saturated rings. The number of rotatable bonds is 3. The Balaban J connectivity index is 0.998. The zero-order chi connectivity index (χ0) is 45.5. The first-order chi connectivity index (χ1) is 34.1. The molecule has 0 saturated carbocycles. The van der Waals surface area contributed by atoms with Crippen molar-refractivity contribution >= 4 is 71.1 Å². The Labute approximate surface area is 392 Å². The van der Waals surface area contributed by atoms with Crippen LogP contribution >= 0.6 is 0 Å². The average Bonchev–Trinajstić information content (AvgIpc) is 4.12. The number of ether oxygens (including phenoxy) is 1. The van der Waals surface area contributed by atoms with Crippen LogP contribution in [0, 0.1) is 17.9 Å². The summed E-state index contributed by atoms with van der Waals surface area (Å²) < 4.78 is 13.8. The number of fused-ring (bicyclic) bond motifs is 18. The third kappa shape index (κ3) is 4.85. The minimum atomic E-state index is -0.902. The lowest BCUT2D eigenvalue weighted by molar-refractivity contribution is 0.436. The summed E-state index contributed by atoms with van der Waals surface area (Å²) in [5.41, 5.74) is 14.7. The first-order valence-corrected chi connectivity index (χ1v) is 22.6. The van der Waals surface area contributed by atoms with Crippen LogP contribution in [-0.4, -0.2) is 33.6 Å². The van der Waals surface area contributed by atoms with Gasteiger partial charge in [-0.1, -0.05) is 36.4 Å². The second-order valence-corrected chi connectivity index (χ2v) is 17.7. The van der Waals surface area contributed by atoms with Crippen LogP contribution in [0.5, 0.6) is 11.5 Å². The van der Waals surface area contributed by atoms with Crippen LogP contribution in [-0.2, 0) is 5.41 Å². The molecule has 0 bridgehead atoms. The molecular weight excluding hydrogens is 851 g/mol. The Kier molecular flexibility index (Phi) is 7.35. The van der Waals surface area contributed by atoms with Crippen LogP contribution in [0.4, 0.5) is 5.69 Å². The lowest BCUT2D eigenvalue weighted by atomic mass is 9.66. The number of pyridine rings is 4. The molecular formula is C59H31N9O. The average molecular weight is 882 g/mol. The standard InChI is InChI=1S/C59H31N9O/c1-61-35-11-16-51-43(27-35)41-21-25-63-33-54(41)68(51)38-14-19-56-48(30-38)59(45-7-4-22-64-57(45)58-46(59)8-5-23-65-58)47-29-37(13-18-55(47)69-56)66-50-15-10-34(31-60)26-42(50)44-28-36(12-17-52(44)66)67-49-9-3-2-6-39(49)40-20-24-62-32-53(40)67/h2-30,32-33H. The Morgan fingerprint density at radius 3 is 1.64 bits per heavy atom. The molecule has 69 heavy (non-hydrogen) atoms. The smallest absolute Gasteiger partial charge is 0.188 e. The first-order valence-electron chi connectivity index (χ1n) is 22.6. The van der Waals surface area contributed by atoms with Gasteiger partial charge in [0.25, 0.3) is 0 Å². The molecule has 1 aliphatic heterocycles. The maximum atomic E-state index is 10.2. The predicted molar refractivity (Wildman–Crippen MR) is 269 cm³/mol. The number of hydrogen-bond donors (Lipinski definition) is 0. The number of benzene rings is 6. The molecule has 15 rings (SSSR count). The zero-order valence-corrected chi connectivity index (χ0v) is 36.3. The van der Waals surface area contributed by atoms with E-state index < -0.39 is 5.41 Å². The van der Waals surface area contributed by atoms with Gasteiger partial charge in [0, 0.05) is 79.9 Å². The van der Waals surface area contributed by atoms with Gasteiger partial charge in [-0.05, 0) is 132 Å². The number of hydrogen-bond acceptors (Lipinski definition) is 6. The summed E-state index contributed by atoms with van der Waals surface area (Å²) >= 11 is 0. The summed E-state index contributed by atoms with van der Waals surface area (Å²) in [6.07, 6.45) is 11.1.